The lowest BCUT2D eigenvalue weighted by atomic mass is 9.98. The summed E-state index contributed by atoms with van der Waals surface area (Å²) in [7, 11) is 2.67. The van der Waals surface area contributed by atoms with Gasteiger partial charge in [-0.2, -0.15) is 0 Å². The van der Waals surface area contributed by atoms with Crippen LogP contribution in [0.1, 0.15) is 57.5 Å². The van der Waals surface area contributed by atoms with Crippen molar-refractivity contribution in [2.75, 3.05) is 20.8 Å². The monoisotopic (exact) mass is 744 g/mol. The van der Waals surface area contributed by atoms with Crippen molar-refractivity contribution in [3.05, 3.63) is 41.2 Å². The lowest BCUT2D eigenvalue weighted by Gasteiger charge is -2.44. The summed E-state index contributed by atoms with van der Waals surface area (Å²) in [5, 5.41) is 0. The highest BCUT2D eigenvalue weighted by Crippen LogP contribution is 2.44. The molecule has 0 amide bonds. The van der Waals surface area contributed by atoms with Crippen LogP contribution in [-0.2, 0) is 52.5 Å². The van der Waals surface area contributed by atoms with Crippen molar-refractivity contribution in [3.8, 4) is 34.5 Å². The maximum atomic E-state index is 14.0. The van der Waals surface area contributed by atoms with Gasteiger partial charge in [0, 0.05) is 53.7 Å². The highest BCUT2D eigenvalue weighted by Gasteiger charge is 2.54. The summed E-state index contributed by atoms with van der Waals surface area (Å²) in [5.74, 6) is -6.09. The maximum Gasteiger partial charge on any atom is 0.308 e. The zero-order valence-corrected chi connectivity index (χ0v) is 29.8. The first-order chi connectivity index (χ1) is 25.0. The van der Waals surface area contributed by atoms with E-state index >= 15 is 0 Å². The highest BCUT2D eigenvalue weighted by atomic mass is 16.7. The van der Waals surface area contributed by atoms with Crippen LogP contribution in [0.25, 0.3) is 6.08 Å². The number of Topliss-reactive ketones (excluding diaryl/α,β-unsaturated/α-hetero) is 1. The van der Waals surface area contributed by atoms with Crippen molar-refractivity contribution in [2.45, 2.75) is 72.2 Å². The average Bonchev–Trinajstić information content (AvgIpc) is 3.36. The molecular formula is C35H36O18. The van der Waals surface area contributed by atoms with E-state index in [4.69, 9.17) is 52.1 Å². The van der Waals surface area contributed by atoms with E-state index in [2.05, 4.69) is 0 Å². The van der Waals surface area contributed by atoms with Crippen molar-refractivity contribution in [2.24, 2.45) is 0 Å². The van der Waals surface area contributed by atoms with E-state index in [0.29, 0.717) is 5.56 Å². The van der Waals surface area contributed by atoms with Gasteiger partial charge in [0.1, 0.15) is 35.5 Å². The van der Waals surface area contributed by atoms with Gasteiger partial charge in [0.15, 0.2) is 29.5 Å². The third-order valence-electron chi connectivity index (χ3n) is 7.19. The molecule has 2 aromatic rings. The summed E-state index contributed by atoms with van der Waals surface area (Å²) in [6.07, 6.45) is -6.48. The smallest absolute Gasteiger partial charge is 0.308 e. The number of fused-ring (bicyclic) bond motifs is 1. The Morgan fingerprint density at radius 2 is 1.25 bits per heavy atom. The van der Waals surface area contributed by atoms with E-state index in [1.165, 1.54) is 51.5 Å². The summed E-state index contributed by atoms with van der Waals surface area (Å²) < 4.78 is 60.7. The molecule has 18 heteroatoms. The van der Waals surface area contributed by atoms with E-state index in [-0.39, 0.29) is 45.8 Å². The number of carbonyl (C=O) groups excluding carboxylic acids is 7. The van der Waals surface area contributed by atoms with Gasteiger partial charge < -0.3 is 52.1 Å². The Balaban J connectivity index is 1.83. The molecule has 4 rings (SSSR count). The summed E-state index contributed by atoms with van der Waals surface area (Å²) in [6, 6.07) is 5.32. The van der Waals surface area contributed by atoms with Crippen LogP contribution in [0.2, 0.25) is 0 Å². The molecule has 18 nitrogen and oxygen atoms in total. The van der Waals surface area contributed by atoms with Crippen LogP contribution in [0.5, 0.6) is 34.5 Å². The van der Waals surface area contributed by atoms with Crippen LogP contribution < -0.4 is 28.4 Å². The number of hydrogen-bond acceptors (Lipinski definition) is 18. The lowest BCUT2D eigenvalue weighted by molar-refractivity contribution is -0.288. The number of allylic oxidation sites excluding steroid dienone is 1. The average molecular weight is 745 g/mol. The fourth-order valence-corrected chi connectivity index (χ4v) is 5.36. The molecule has 0 N–H and O–H groups in total. The first kappa shape index (κ1) is 39.6. The molecule has 2 aromatic carbocycles. The number of ether oxygens (including phenoxy) is 11. The molecule has 0 radical (unpaired) electrons. The van der Waals surface area contributed by atoms with Crippen LogP contribution in [0.3, 0.4) is 0 Å². The fourth-order valence-electron chi connectivity index (χ4n) is 5.36. The first-order valence-electron chi connectivity index (χ1n) is 15.7. The number of carbonyl (C=O) groups is 7. The highest BCUT2D eigenvalue weighted by molar-refractivity contribution is 6.16. The Bertz CT molecular complexity index is 1820. The van der Waals surface area contributed by atoms with Crippen molar-refractivity contribution >= 4 is 47.7 Å². The summed E-state index contributed by atoms with van der Waals surface area (Å²) >= 11 is 0. The minimum Gasteiger partial charge on any atom is -0.493 e. The number of benzene rings is 2. The SMILES string of the molecule is COc1cc(/C=C2\Oc3cc(OC(C)=O)cc(O[C@@H]4O[C@H](COC(C)=O)[C@@H](OC(C)=O)[C@H](OC(C)=O)[C@H]4OC(C)=O)c3C2=O)cc(OC)c1OC(C)=O. The zero-order valence-electron chi connectivity index (χ0n) is 29.8. The number of esters is 6. The summed E-state index contributed by atoms with van der Waals surface area (Å²) in [4.78, 5) is 86.1. The minimum atomic E-state index is -1.74. The minimum absolute atomic E-state index is 0.00173. The zero-order chi connectivity index (χ0) is 39.1. The third kappa shape index (κ3) is 9.79. The Hall–Kier alpha value is -6.17. The van der Waals surface area contributed by atoms with E-state index < -0.39 is 78.9 Å². The van der Waals surface area contributed by atoms with Crippen LogP contribution >= 0.6 is 0 Å². The van der Waals surface area contributed by atoms with Crippen molar-refractivity contribution < 1.29 is 85.7 Å². The first-order valence-corrected chi connectivity index (χ1v) is 15.7. The molecule has 1 saturated heterocycles. The molecule has 0 saturated carbocycles. The van der Waals surface area contributed by atoms with Gasteiger partial charge in [-0.25, -0.2) is 0 Å². The van der Waals surface area contributed by atoms with Gasteiger partial charge in [0.25, 0.3) is 0 Å². The van der Waals surface area contributed by atoms with E-state index in [9.17, 15) is 33.6 Å². The molecule has 53 heavy (non-hydrogen) atoms. The van der Waals surface area contributed by atoms with Crippen molar-refractivity contribution in [1.82, 2.24) is 0 Å². The van der Waals surface area contributed by atoms with Gasteiger partial charge in [-0.05, 0) is 23.8 Å². The van der Waals surface area contributed by atoms with Gasteiger partial charge in [-0.1, -0.05) is 0 Å². The lowest BCUT2D eigenvalue weighted by Crippen LogP contribution is -2.63. The Morgan fingerprint density at radius 3 is 1.77 bits per heavy atom. The van der Waals surface area contributed by atoms with E-state index in [0.717, 1.165) is 34.6 Å². The number of methoxy groups -OCH3 is 2. The van der Waals surface area contributed by atoms with Crippen molar-refractivity contribution in [3.63, 3.8) is 0 Å². The molecule has 0 aliphatic carbocycles. The predicted molar refractivity (Wildman–Crippen MR) is 174 cm³/mol. The fraction of sp³-hybridized carbons (Fsp3) is 0.400. The van der Waals surface area contributed by atoms with E-state index in [1.54, 1.807) is 0 Å². The quantitative estimate of drug-likeness (QED) is 0.132. The standard InChI is InChI=1S/C35H36O18/c1-15(36)45-14-28-32(48-18(4)39)33(49-19(5)40)34(50-20(6)41)35(53-28)52-24-13-22(46-16(2)37)12-23-29(24)30(42)25(51-23)9-21-10-26(43-7)31(47-17(3)38)27(11-21)44-8/h9-13,28,32-35H,14H2,1-8H3/b25-9-/t28-,32-,33+,34-,35-/m1/s1. The van der Waals surface area contributed by atoms with Crippen LogP contribution in [0.15, 0.2) is 30.0 Å². The largest absolute Gasteiger partial charge is 0.493 e. The number of ketones is 1. The summed E-state index contributed by atoms with van der Waals surface area (Å²) in [5.41, 5.74) is 0.114. The molecule has 2 heterocycles. The van der Waals surface area contributed by atoms with Crippen LogP contribution in [0, 0.1) is 0 Å². The van der Waals surface area contributed by atoms with Gasteiger partial charge in [-0.15, -0.1) is 0 Å². The third-order valence-corrected chi connectivity index (χ3v) is 7.19. The molecule has 2 aliphatic rings. The summed E-state index contributed by atoms with van der Waals surface area (Å²) in [6.45, 7) is 6.07. The Kier molecular flexibility index (Phi) is 12.6. The van der Waals surface area contributed by atoms with E-state index in [1.807, 2.05) is 0 Å². The Morgan fingerprint density at radius 1 is 0.679 bits per heavy atom. The second kappa shape index (κ2) is 16.9. The molecule has 1 fully saturated rings. The van der Waals surface area contributed by atoms with Crippen LogP contribution in [0.4, 0.5) is 0 Å². The molecule has 0 spiro atoms. The van der Waals surface area contributed by atoms with Crippen molar-refractivity contribution in [1.29, 1.82) is 0 Å². The molecule has 0 aromatic heterocycles. The molecule has 0 bridgehead atoms. The second-order valence-corrected chi connectivity index (χ2v) is 11.4. The van der Waals surface area contributed by atoms with Gasteiger partial charge >= 0.3 is 35.8 Å². The molecule has 5 atom stereocenters. The Labute approximate surface area is 302 Å². The molecule has 284 valence electrons. The normalized spacial score (nSPS) is 20.9. The van der Waals surface area contributed by atoms with Crippen LogP contribution in [-0.4, -0.2) is 93.1 Å². The molecule has 0 unspecified atom stereocenters. The number of hydrogen-bond donors (Lipinski definition) is 0. The predicted octanol–water partition coefficient (Wildman–Crippen LogP) is 2.63. The van der Waals surface area contributed by atoms with Gasteiger partial charge in [-0.3, -0.25) is 33.6 Å². The maximum absolute atomic E-state index is 14.0. The number of rotatable bonds is 12. The molecular weight excluding hydrogens is 708 g/mol. The van der Waals surface area contributed by atoms with Gasteiger partial charge in [0.05, 0.1) is 14.2 Å². The van der Waals surface area contributed by atoms with Gasteiger partial charge in [0.2, 0.25) is 23.9 Å². The second-order valence-electron chi connectivity index (χ2n) is 11.4. The molecule has 2 aliphatic heterocycles. The topological polar surface area (TPSA) is 221 Å².